The van der Waals surface area contributed by atoms with Crippen molar-refractivity contribution in [2.24, 2.45) is 0 Å². The summed E-state index contributed by atoms with van der Waals surface area (Å²) < 4.78 is 5.46. The number of allylic oxidation sites excluding steroid dienone is 8. The first-order valence-corrected chi connectivity index (χ1v) is 25.9. The Bertz CT molecular complexity index is 1020. The van der Waals surface area contributed by atoms with Crippen LogP contribution < -0.4 is 5.32 Å². The normalized spacial score (nSPS) is 13.1. The second-order valence-corrected chi connectivity index (χ2v) is 17.5. The summed E-state index contributed by atoms with van der Waals surface area (Å²) in [5.74, 6) is -0.140. The van der Waals surface area contributed by atoms with Crippen molar-refractivity contribution in [3.05, 3.63) is 48.6 Å². The predicted octanol–water partition coefficient (Wildman–Crippen LogP) is 15.5. The van der Waals surface area contributed by atoms with Crippen LogP contribution in [0.3, 0.4) is 0 Å². The first kappa shape index (κ1) is 57.8. The zero-order valence-corrected chi connectivity index (χ0v) is 39.7. The Balaban J connectivity index is 3.52. The van der Waals surface area contributed by atoms with Gasteiger partial charge in [0, 0.05) is 12.8 Å². The molecular formula is C54H99NO5. The molecule has 0 heterocycles. The minimum Gasteiger partial charge on any atom is -0.466 e. The largest absolute Gasteiger partial charge is 0.466 e. The molecule has 0 aromatic carbocycles. The molecule has 6 heteroatoms. The van der Waals surface area contributed by atoms with Gasteiger partial charge in [-0.25, -0.2) is 0 Å². The average Bonchev–Trinajstić information content (AvgIpc) is 3.25. The number of carbonyl (C=O) groups is 2. The molecule has 0 aliphatic carbocycles. The van der Waals surface area contributed by atoms with Gasteiger partial charge in [-0.1, -0.05) is 217 Å². The number of nitrogens with one attached hydrogen (secondary N) is 1. The average molecular weight is 842 g/mol. The highest BCUT2D eigenvalue weighted by Gasteiger charge is 2.19. The highest BCUT2D eigenvalue weighted by molar-refractivity contribution is 5.76. The molecule has 350 valence electrons. The van der Waals surface area contributed by atoms with E-state index in [0.29, 0.717) is 32.3 Å². The van der Waals surface area contributed by atoms with E-state index in [0.717, 1.165) is 57.8 Å². The van der Waals surface area contributed by atoms with E-state index in [4.69, 9.17) is 4.74 Å². The van der Waals surface area contributed by atoms with Gasteiger partial charge in [0.25, 0.3) is 0 Å². The maximum absolute atomic E-state index is 12.4. The van der Waals surface area contributed by atoms with Crippen LogP contribution in [0.1, 0.15) is 258 Å². The molecule has 0 aromatic heterocycles. The maximum Gasteiger partial charge on any atom is 0.305 e. The minimum atomic E-state index is -0.698. The summed E-state index contributed by atoms with van der Waals surface area (Å²) in [6.07, 6.45) is 61.0. The fraction of sp³-hybridized carbons (Fsp3) is 0.815. The van der Waals surface area contributed by atoms with Gasteiger partial charge < -0.3 is 20.3 Å². The van der Waals surface area contributed by atoms with Crippen molar-refractivity contribution in [3.63, 3.8) is 0 Å². The minimum absolute atomic E-state index is 0.0218. The molecule has 0 aliphatic rings. The third-order valence-corrected chi connectivity index (χ3v) is 11.6. The number of rotatable bonds is 47. The second-order valence-electron chi connectivity index (χ2n) is 17.5. The van der Waals surface area contributed by atoms with Gasteiger partial charge in [0.1, 0.15) is 0 Å². The van der Waals surface area contributed by atoms with E-state index in [1.807, 2.05) is 6.08 Å². The third kappa shape index (κ3) is 45.3. The number of aliphatic hydroxyl groups excluding tert-OH is 2. The third-order valence-electron chi connectivity index (χ3n) is 11.6. The Hall–Kier alpha value is -2.18. The maximum atomic E-state index is 12.4. The summed E-state index contributed by atoms with van der Waals surface area (Å²) in [7, 11) is 0. The van der Waals surface area contributed by atoms with Gasteiger partial charge in [0.15, 0.2) is 0 Å². The molecule has 3 N–H and O–H groups in total. The number of esters is 1. The van der Waals surface area contributed by atoms with Crippen LogP contribution >= 0.6 is 0 Å². The van der Waals surface area contributed by atoms with E-state index in [9.17, 15) is 19.8 Å². The molecule has 0 aromatic rings. The lowest BCUT2D eigenvalue weighted by Crippen LogP contribution is -2.45. The van der Waals surface area contributed by atoms with E-state index in [2.05, 4.69) is 61.7 Å². The van der Waals surface area contributed by atoms with E-state index >= 15 is 0 Å². The lowest BCUT2D eigenvalue weighted by Gasteiger charge is -2.22. The Morgan fingerprint density at radius 3 is 1.33 bits per heavy atom. The Morgan fingerprint density at radius 2 is 0.850 bits per heavy atom. The Labute approximate surface area is 372 Å². The zero-order valence-electron chi connectivity index (χ0n) is 39.7. The van der Waals surface area contributed by atoms with E-state index in [1.54, 1.807) is 0 Å². The van der Waals surface area contributed by atoms with Crippen LogP contribution in [-0.4, -0.2) is 47.4 Å². The fourth-order valence-corrected chi connectivity index (χ4v) is 7.60. The van der Waals surface area contributed by atoms with Crippen LogP contribution in [0, 0.1) is 0 Å². The van der Waals surface area contributed by atoms with Crippen LogP contribution in [-0.2, 0) is 14.3 Å². The van der Waals surface area contributed by atoms with Crippen molar-refractivity contribution >= 4 is 11.9 Å². The fourth-order valence-electron chi connectivity index (χ4n) is 7.60. The molecule has 60 heavy (non-hydrogen) atoms. The zero-order chi connectivity index (χ0) is 43.7. The Kier molecular flexibility index (Phi) is 47.7. The quantitative estimate of drug-likeness (QED) is 0.0322. The number of hydrogen-bond acceptors (Lipinski definition) is 5. The van der Waals surface area contributed by atoms with Gasteiger partial charge >= 0.3 is 5.97 Å². The molecule has 0 saturated carbocycles. The summed E-state index contributed by atoms with van der Waals surface area (Å²) >= 11 is 0. The number of aliphatic hydroxyl groups is 2. The smallest absolute Gasteiger partial charge is 0.305 e. The summed E-state index contributed by atoms with van der Waals surface area (Å²) in [5.41, 5.74) is 0. The molecule has 2 unspecified atom stereocenters. The lowest BCUT2D eigenvalue weighted by molar-refractivity contribution is -0.143. The van der Waals surface area contributed by atoms with Crippen molar-refractivity contribution < 1.29 is 24.5 Å². The van der Waals surface area contributed by atoms with Crippen LogP contribution in [0.15, 0.2) is 48.6 Å². The van der Waals surface area contributed by atoms with E-state index < -0.39 is 12.1 Å². The molecule has 0 spiro atoms. The van der Waals surface area contributed by atoms with Crippen LogP contribution in [0.4, 0.5) is 0 Å². The van der Waals surface area contributed by atoms with Crippen molar-refractivity contribution in [1.82, 2.24) is 5.32 Å². The van der Waals surface area contributed by atoms with Crippen LogP contribution in [0.2, 0.25) is 0 Å². The Morgan fingerprint density at radius 1 is 0.467 bits per heavy atom. The summed E-state index contributed by atoms with van der Waals surface area (Å²) in [5, 5.41) is 23.0. The number of unbranched alkanes of at least 4 members (excludes halogenated alkanes) is 28. The SMILES string of the molecule is CCCCC/C=C\C/C=C\CCCCCCCCCCCC(=O)OCCCCCCCC/C=C\C/C=C\CCC(=O)NC(CO)C(O)CCCCCCCCCCCCC. The summed E-state index contributed by atoms with van der Waals surface area (Å²) in [4.78, 5) is 24.4. The highest BCUT2D eigenvalue weighted by Crippen LogP contribution is 2.15. The van der Waals surface area contributed by atoms with Gasteiger partial charge in [-0.2, -0.15) is 0 Å². The van der Waals surface area contributed by atoms with E-state index in [-0.39, 0.29) is 18.5 Å². The molecule has 0 saturated heterocycles. The topological polar surface area (TPSA) is 95.9 Å². The molecule has 0 fully saturated rings. The van der Waals surface area contributed by atoms with E-state index in [1.165, 1.54) is 161 Å². The lowest BCUT2D eigenvalue weighted by atomic mass is 10.0. The molecule has 6 nitrogen and oxygen atoms in total. The molecule has 2 atom stereocenters. The number of amides is 1. The van der Waals surface area contributed by atoms with Gasteiger partial charge in [-0.05, 0) is 77.0 Å². The predicted molar refractivity (Wildman–Crippen MR) is 259 cm³/mol. The molecule has 0 aliphatic heterocycles. The standard InChI is InChI=1S/C54H99NO5/c1-3-5-7-9-11-13-15-16-17-18-19-20-21-24-28-32-36-40-44-48-54(59)60-49-45-41-37-33-29-25-22-23-27-31-35-39-43-47-53(58)55-51(50-56)52(57)46-42-38-34-30-26-14-12-10-8-6-4-2/h11,13,16-17,23,27,35,39,51-52,56-57H,3-10,12,14-15,18-22,24-26,28-34,36-38,40-50H2,1-2H3,(H,55,58)/b13-11-,17-16-,27-23-,39-35-. The molecule has 0 radical (unpaired) electrons. The molecular weight excluding hydrogens is 743 g/mol. The first-order valence-electron chi connectivity index (χ1n) is 25.9. The van der Waals surface area contributed by atoms with Crippen molar-refractivity contribution in [3.8, 4) is 0 Å². The first-order chi connectivity index (χ1) is 29.5. The van der Waals surface area contributed by atoms with Crippen molar-refractivity contribution in [2.75, 3.05) is 13.2 Å². The van der Waals surface area contributed by atoms with Gasteiger partial charge in [0.2, 0.25) is 5.91 Å². The van der Waals surface area contributed by atoms with Crippen LogP contribution in [0.5, 0.6) is 0 Å². The van der Waals surface area contributed by atoms with Crippen molar-refractivity contribution in [2.45, 2.75) is 270 Å². The molecule has 0 bridgehead atoms. The number of ether oxygens (including phenoxy) is 1. The molecule has 1 amide bonds. The van der Waals surface area contributed by atoms with Gasteiger partial charge in [-0.15, -0.1) is 0 Å². The molecule has 0 rings (SSSR count). The van der Waals surface area contributed by atoms with Gasteiger partial charge in [0.05, 0.1) is 25.4 Å². The monoisotopic (exact) mass is 842 g/mol. The number of carbonyl (C=O) groups excluding carboxylic acids is 2. The highest BCUT2D eigenvalue weighted by atomic mass is 16.5. The van der Waals surface area contributed by atoms with Gasteiger partial charge in [-0.3, -0.25) is 9.59 Å². The summed E-state index contributed by atoms with van der Waals surface area (Å²) in [6, 6.07) is -0.585. The number of hydrogen-bond donors (Lipinski definition) is 3. The second kappa shape index (κ2) is 49.5. The van der Waals surface area contributed by atoms with Crippen molar-refractivity contribution in [1.29, 1.82) is 0 Å². The summed E-state index contributed by atoms with van der Waals surface area (Å²) in [6.45, 7) is 4.84. The van der Waals surface area contributed by atoms with Crippen LogP contribution in [0.25, 0.3) is 0 Å².